The van der Waals surface area contributed by atoms with Gasteiger partial charge in [0.15, 0.2) is 0 Å². The molecule has 0 aromatic heterocycles. The summed E-state index contributed by atoms with van der Waals surface area (Å²) in [5.41, 5.74) is 2.23. The maximum Gasteiger partial charge on any atom is 0.135 e. The molecular formula is C16H16F2O. The molecule has 1 unspecified atom stereocenters. The number of aryl methyl sites for hydroxylation is 3. The van der Waals surface area contributed by atoms with Crippen LogP contribution in [0.25, 0.3) is 0 Å². The fourth-order valence-corrected chi connectivity index (χ4v) is 2.33. The molecule has 0 amide bonds. The normalized spacial score (nSPS) is 12.5. The first-order valence-corrected chi connectivity index (χ1v) is 6.12. The zero-order chi connectivity index (χ0) is 14.2. The molecule has 2 rings (SSSR count). The summed E-state index contributed by atoms with van der Waals surface area (Å²) >= 11 is 0. The van der Waals surface area contributed by atoms with Crippen molar-refractivity contribution in [3.63, 3.8) is 0 Å². The predicted molar refractivity (Wildman–Crippen MR) is 71.1 cm³/mol. The number of benzene rings is 2. The van der Waals surface area contributed by atoms with Gasteiger partial charge in [0.25, 0.3) is 0 Å². The van der Waals surface area contributed by atoms with E-state index in [1.807, 2.05) is 32.0 Å². The molecule has 1 N–H and O–H groups in total. The smallest absolute Gasteiger partial charge is 0.135 e. The van der Waals surface area contributed by atoms with Gasteiger partial charge in [0.1, 0.15) is 17.7 Å². The Morgan fingerprint density at radius 2 is 1.42 bits per heavy atom. The molecule has 0 radical (unpaired) electrons. The van der Waals surface area contributed by atoms with Crippen molar-refractivity contribution >= 4 is 0 Å². The molecule has 0 bridgehead atoms. The minimum atomic E-state index is -1.29. The van der Waals surface area contributed by atoms with Crippen LogP contribution in [0.15, 0.2) is 30.3 Å². The molecular weight excluding hydrogens is 246 g/mol. The van der Waals surface area contributed by atoms with Crippen LogP contribution in [-0.2, 0) is 0 Å². The van der Waals surface area contributed by atoms with Gasteiger partial charge in [-0.05, 0) is 49.1 Å². The SMILES string of the molecule is Cc1ccc(F)c(C(O)c2c(C)cccc2C)c1F. The first-order valence-electron chi connectivity index (χ1n) is 6.12. The van der Waals surface area contributed by atoms with Gasteiger partial charge in [-0.1, -0.05) is 24.3 Å². The summed E-state index contributed by atoms with van der Waals surface area (Å²) in [5.74, 6) is -1.41. The van der Waals surface area contributed by atoms with Crippen LogP contribution in [0.5, 0.6) is 0 Å². The quantitative estimate of drug-likeness (QED) is 0.868. The molecule has 0 aliphatic heterocycles. The molecule has 100 valence electrons. The van der Waals surface area contributed by atoms with Gasteiger partial charge >= 0.3 is 0 Å². The first kappa shape index (κ1) is 13.7. The van der Waals surface area contributed by atoms with Crippen molar-refractivity contribution in [3.05, 3.63) is 69.8 Å². The van der Waals surface area contributed by atoms with Crippen molar-refractivity contribution in [2.24, 2.45) is 0 Å². The molecule has 0 aliphatic carbocycles. The molecule has 0 aliphatic rings. The number of hydrogen-bond acceptors (Lipinski definition) is 1. The Bertz CT molecular complexity index is 600. The van der Waals surface area contributed by atoms with Crippen molar-refractivity contribution in [2.75, 3.05) is 0 Å². The summed E-state index contributed by atoms with van der Waals surface area (Å²) in [7, 11) is 0. The van der Waals surface area contributed by atoms with Gasteiger partial charge in [-0.3, -0.25) is 0 Å². The fraction of sp³-hybridized carbons (Fsp3) is 0.250. The minimum absolute atomic E-state index is 0.280. The number of rotatable bonds is 2. The van der Waals surface area contributed by atoms with Gasteiger partial charge < -0.3 is 5.11 Å². The van der Waals surface area contributed by atoms with E-state index in [2.05, 4.69) is 0 Å². The summed E-state index contributed by atoms with van der Waals surface area (Å²) in [6.07, 6.45) is -1.29. The lowest BCUT2D eigenvalue weighted by Crippen LogP contribution is -2.10. The second kappa shape index (κ2) is 5.10. The Kier molecular flexibility index (Phi) is 3.67. The van der Waals surface area contributed by atoms with Crippen molar-refractivity contribution in [3.8, 4) is 0 Å². The van der Waals surface area contributed by atoms with E-state index in [0.29, 0.717) is 11.1 Å². The highest BCUT2D eigenvalue weighted by molar-refractivity contribution is 5.42. The van der Waals surface area contributed by atoms with E-state index in [9.17, 15) is 13.9 Å². The van der Waals surface area contributed by atoms with Crippen LogP contribution >= 0.6 is 0 Å². The molecule has 1 nitrogen and oxygen atoms in total. The molecule has 2 aromatic rings. The van der Waals surface area contributed by atoms with Crippen molar-refractivity contribution in [2.45, 2.75) is 26.9 Å². The lowest BCUT2D eigenvalue weighted by molar-refractivity contribution is 0.207. The summed E-state index contributed by atoms with van der Waals surface area (Å²) in [6, 6.07) is 8.04. The Morgan fingerprint density at radius 1 is 0.842 bits per heavy atom. The van der Waals surface area contributed by atoms with E-state index >= 15 is 0 Å². The Balaban J connectivity index is 2.63. The van der Waals surface area contributed by atoms with Crippen LogP contribution in [-0.4, -0.2) is 5.11 Å². The second-order valence-corrected chi connectivity index (χ2v) is 4.80. The van der Waals surface area contributed by atoms with Crippen LogP contribution in [0, 0.1) is 32.4 Å². The zero-order valence-electron chi connectivity index (χ0n) is 11.2. The van der Waals surface area contributed by atoms with Crippen LogP contribution < -0.4 is 0 Å². The third kappa shape index (κ3) is 2.38. The average Bonchev–Trinajstić information content (AvgIpc) is 2.34. The maximum atomic E-state index is 14.1. The molecule has 3 heteroatoms. The number of halogens is 2. The van der Waals surface area contributed by atoms with Crippen LogP contribution in [0.3, 0.4) is 0 Å². The Hall–Kier alpha value is -1.74. The minimum Gasteiger partial charge on any atom is -0.383 e. The molecule has 0 saturated heterocycles. The summed E-state index contributed by atoms with van der Waals surface area (Å²) in [6.45, 7) is 5.18. The van der Waals surface area contributed by atoms with Gasteiger partial charge in [-0.25, -0.2) is 8.78 Å². The largest absolute Gasteiger partial charge is 0.383 e. The summed E-state index contributed by atoms with van der Waals surface area (Å²) in [4.78, 5) is 0. The predicted octanol–water partition coefficient (Wildman–Crippen LogP) is 3.97. The topological polar surface area (TPSA) is 20.2 Å². The Labute approximate surface area is 111 Å². The summed E-state index contributed by atoms with van der Waals surface area (Å²) in [5, 5.41) is 10.4. The number of aliphatic hydroxyl groups is 1. The van der Waals surface area contributed by atoms with Crippen molar-refractivity contribution < 1.29 is 13.9 Å². The molecule has 0 fully saturated rings. The lowest BCUT2D eigenvalue weighted by atomic mass is 9.92. The van der Waals surface area contributed by atoms with E-state index in [1.165, 1.54) is 12.1 Å². The molecule has 19 heavy (non-hydrogen) atoms. The standard InChI is InChI=1S/C16H16F2O/c1-9-5-4-6-10(2)13(9)16(19)14-12(17)8-7-11(3)15(14)18/h4-8,16,19H,1-3H3. The monoisotopic (exact) mass is 262 g/mol. The van der Waals surface area contributed by atoms with E-state index in [4.69, 9.17) is 0 Å². The molecule has 0 saturated carbocycles. The summed E-state index contributed by atoms with van der Waals surface area (Å²) < 4.78 is 27.9. The highest BCUT2D eigenvalue weighted by Crippen LogP contribution is 2.31. The number of aliphatic hydroxyl groups excluding tert-OH is 1. The van der Waals surface area contributed by atoms with E-state index in [0.717, 1.165) is 11.1 Å². The molecule has 1 atom stereocenters. The van der Waals surface area contributed by atoms with E-state index < -0.39 is 17.7 Å². The van der Waals surface area contributed by atoms with Gasteiger partial charge in [-0.15, -0.1) is 0 Å². The highest BCUT2D eigenvalue weighted by atomic mass is 19.1. The molecule has 0 heterocycles. The maximum absolute atomic E-state index is 14.1. The highest BCUT2D eigenvalue weighted by Gasteiger charge is 2.23. The third-order valence-electron chi connectivity index (χ3n) is 3.41. The van der Waals surface area contributed by atoms with Gasteiger partial charge in [0.2, 0.25) is 0 Å². The second-order valence-electron chi connectivity index (χ2n) is 4.80. The number of hydrogen-bond donors (Lipinski definition) is 1. The van der Waals surface area contributed by atoms with E-state index in [1.54, 1.807) is 6.92 Å². The van der Waals surface area contributed by atoms with E-state index in [-0.39, 0.29) is 5.56 Å². The van der Waals surface area contributed by atoms with Crippen LogP contribution in [0.4, 0.5) is 8.78 Å². The van der Waals surface area contributed by atoms with Crippen LogP contribution in [0.2, 0.25) is 0 Å². The van der Waals surface area contributed by atoms with Gasteiger partial charge in [0, 0.05) is 0 Å². The van der Waals surface area contributed by atoms with Crippen LogP contribution in [0.1, 0.15) is 33.9 Å². The van der Waals surface area contributed by atoms with Crippen molar-refractivity contribution in [1.82, 2.24) is 0 Å². The fourth-order valence-electron chi connectivity index (χ4n) is 2.33. The first-order chi connectivity index (χ1) is 8.93. The van der Waals surface area contributed by atoms with Gasteiger partial charge in [-0.2, -0.15) is 0 Å². The zero-order valence-corrected chi connectivity index (χ0v) is 11.2. The third-order valence-corrected chi connectivity index (χ3v) is 3.41. The lowest BCUT2D eigenvalue weighted by Gasteiger charge is -2.18. The Morgan fingerprint density at radius 3 is 2.00 bits per heavy atom. The van der Waals surface area contributed by atoms with Gasteiger partial charge in [0.05, 0.1) is 5.56 Å². The molecule has 0 spiro atoms. The van der Waals surface area contributed by atoms with Crippen molar-refractivity contribution in [1.29, 1.82) is 0 Å². The molecule has 2 aromatic carbocycles. The average molecular weight is 262 g/mol.